The Morgan fingerprint density at radius 3 is 2.75 bits per heavy atom. The fourth-order valence-corrected chi connectivity index (χ4v) is 3.52. The Kier molecular flexibility index (Phi) is 3.51. The number of allylic oxidation sites excluding steroid dienone is 2. The summed E-state index contributed by atoms with van der Waals surface area (Å²) < 4.78 is 0. The second-order valence-corrected chi connectivity index (χ2v) is 6.03. The molecule has 0 saturated heterocycles. The van der Waals surface area contributed by atoms with E-state index in [4.69, 9.17) is 0 Å². The molecule has 20 heavy (non-hydrogen) atoms. The Balaban J connectivity index is 1.63. The predicted molar refractivity (Wildman–Crippen MR) is 81.9 cm³/mol. The van der Waals surface area contributed by atoms with Gasteiger partial charge in [0.25, 0.3) is 5.91 Å². The summed E-state index contributed by atoms with van der Waals surface area (Å²) in [7, 11) is 1.66. The van der Waals surface area contributed by atoms with Crippen molar-refractivity contribution in [3.05, 3.63) is 41.5 Å². The predicted octanol–water partition coefficient (Wildman–Crippen LogP) is 2.98. The largest absolute Gasteiger partial charge is 0.385 e. The lowest BCUT2D eigenvalue weighted by Gasteiger charge is -2.20. The molecule has 0 spiro atoms. The molecule has 3 nitrogen and oxygen atoms in total. The van der Waals surface area contributed by atoms with E-state index in [-0.39, 0.29) is 5.91 Å². The van der Waals surface area contributed by atoms with Crippen LogP contribution in [0.5, 0.6) is 0 Å². The Bertz CT molecular complexity index is 550. The molecule has 3 rings (SSSR count). The first-order valence-electron chi connectivity index (χ1n) is 7.42. The van der Waals surface area contributed by atoms with Gasteiger partial charge in [0.2, 0.25) is 0 Å². The van der Waals surface area contributed by atoms with Crippen molar-refractivity contribution in [2.24, 2.45) is 17.8 Å². The summed E-state index contributed by atoms with van der Waals surface area (Å²) in [6.07, 6.45) is 7.44. The van der Waals surface area contributed by atoms with Gasteiger partial charge in [-0.1, -0.05) is 12.2 Å². The minimum absolute atomic E-state index is 0.0297. The molecule has 3 heteroatoms. The molecule has 1 saturated carbocycles. The number of fused-ring (bicyclic) bond motifs is 2. The van der Waals surface area contributed by atoms with E-state index in [0.29, 0.717) is 0 Å². The van der Waals surface area contributed by atoms with E-state index in [1.807, 2.05) is 18.2 Å². The van der Waals surface area contributed by atoms with Crippen LogP contribution in [0, 0.1) is 24.7 Å². The van der Waals surface area contributed by atoms with Crippen LogP contribution in [0.2, 0.25) is 0 Å². The van der Waals surface area contributed by atoms with E-state index in [9.17, 15) is 4.79 Å². The fourth-order valence-electron chi connectivity index (χ4n) is 3.52. The highest BCUT2D eigenvalue weighted by molar-refractivity contribution is 5.94. The number of carbonyl (C=O) groups is 1. The van der Waals surface area contributed by atoms with Crippen LogP contribution in [0.1, 0.15) is 28.8 Å². The van der Waals surface area contributed by atoms with Gasteiger partial charge in [-0.05, 0) is 61.3 Å². The average molecular weight is 270 g/mol. The molecular weight excluding hydrogens is 248 g/mol. The van der Waals surface area contributed by atoms with Gasteiger partial charge >= 0.3 is 0 Å². The zero-order valence-corrected chi connectivity index (χ0v) is 12.1. The number of amides is 1. The van der Waals surface area contributed by atoms with Gasteiger partial charge in [0.15, 0.2) is 0 Å². The van der Waals surface area contributed by atoms with Gasteiger partial charge in [-0.15, -0.1) is 0 Å². The first-order chi connectivity index (χ1) is 9.67. The standard InChI is InChI=1S/C17H22N2O/c1-11-7-14(17(20)18-2)5-6-16(11)19-10-15-9-12-3-4-13(15)8-12/h3-7,12-13,15,19H,8-10H2,1-2H3,(H,18,20). The topological polar surface area (TPSA) is 41.1 Å². The molecule has 0 aromatic heterocycles. The van der Waals surface area contributed by atoms with Gasteiger partial charge in [0.05, 0.1) is 0 Å². The third-order valence-corrected chi connectivity index (χ3v) is 4.69. The highest BCUT2D eigenvalue weighted by Gasteiger charge is 2.35. The lowest BCUT2D eigenvalue weighted by molar-refractivity contribution is 0.0963. The van der Waals surface area contributed by atoms with Crippen molar-refractivity contribution in [3.63, 3.8) is 0 Å². The van der Waals surface area contributed by atoms with E-state index < -0.39 is 0 Å². The lowest BCUT2D eigenvalue weighted by Crippen LogP contribution is -2.20. The number of anilines is 1. The summed E-state index contributed by atoms with van der Waals surface area (Å²) >= 11 is 0. The number of rotatable bonds is 4. The second kappa shape index (κ2) is 5.31. The number of aryl methyl sites for hydroxylation is 1. The molecule has 1 aromatic rings. The van der Waals surface area contributed by atoms with Crippen LogP contribution in [0.4, 0.5) is 5.69 Å². The molecule has 1 amide bonds. The zero-order valence-electron chi connectivity index (χ0n) is 12.1. The molecular formula is C17H22N2O. The summed E-state index contributed by atoms with van der Waals surface area (Å²) in [6.45, 7) is 3.08. The monoisotopic (exact) mass is 270 g/mol. The highest BCUT2D eigenvalue weighted by atomic mass is 16.1. The maximum Gasteiger partial charge on any atom is 0.251 e. The minimum atomic E-state index is -0.0297. The first-order valence-corrected chi connectivity index (χ1v) is 7.42. The zero-order chi connectivity index (χ0) is 14.1. The van der Waals surface area contributed by atoms with Crippen LogP contribution < -0.4 is 10.6 Å². The molecule has 106 valence electrons. The number of nitrogens with one attached hydrogen (secondary N) is 2. The molecule has 2 aliphatic carbocycles. The van der Waals surface area contributed by atoms with Crippen molar-refractivity contribution in [1.29, 1.82) is 0 Å². The maximum atomic E-state index is 11.6. The van der Waals surface area contributed by atoms with Crippen molar-refractivity contribution >= 4 is 11.6 Å². The smallest absolute Gasteiger partial charge is 0.251 e. The van der Waals surface area contributed by atoms with E-state index >= 15 is 0 Å². The number of benzene rings is 1. The maximum absolute atomic E-state index is 11.6. The number of carbonyl (C=O) groups excluding carboxylic acids is 1. The van der Waals surface area contributed by atoms with Gasteiger partial charge in [-0.25, -0.2) is 0 Å². The van der Waals surface area contributed by atoms with Crippen molar-refractivity contribution in [2.75, 3.05) is 18.9 Å². The van der Waals surface area contributed by atoms with Crippen LogP contribution in [0.25, 0.3) is 0 Å². The third kappa shape index (κ3) is 2.45. The Morgan fingerprint density at radius 1 is 1.30 bits per heavy atom. The molecule has 3 atom stereocenters. The quantitative estimate of drug-likeness (QED) is 0.826. The molecule has 1 aromatic carbocycles. The second-order valence-electron chi connectivity index (χ2n) is 6.03. The normalized spacial score (nSPS) is 26.8. The third-order valence-electron chi connectivity index (χ3n) is 4.69. The SMILES string of the molecule is CNC(=O)c1ccc(NCC2CC3C=CC2C3)c(C)c1. The van der Waals surface area contributed by atoms with E-state index in [0.717, 1.165) is 41.1 Å². The van der Waals surface area contributed by atoms with Gasteiger partial charge in [-0.2, -0.15) is 0 Å². The van der Waals surface area contributed by atoms with Gasteiger partial charge < -0.3 is 10.6 Å². The van der Waals surface area contributed by atoms with Gasteiger partial charge in [-0.3, -0.25) is 4.79 Å². The van der Waals surface area contributed by atoms with E-state index in [1.54, 1.807) is 7.05 Å². The van der Waals surface area contributed by atoms with Crippen molar-refractivity contribution in [1.82, 2.24) is 5.32 Å². The summed E-state index contributed by atoms with van der Waals surface area (Å²) in [5.41, 5.74) is 2.99. The minimum Gasteiger partial charge on any atom is -0.385 e. The van der Waals surface area contributed by atoms with Crippen molar-refractivity contribution in [3.8, 4) is 0 Å². The Hall–Kier alpha value is -1.77. The van der Waals surface area contributed by atoms with Gasteiger partial charge in [0, 0.05) is 24.8 Å². The summed E-state index contributed by atoms with van der Waals surface area (Å²) in [5.74, 6) is 2.34. The molecule has 3 unspecified atom stereocenters. The fraction of sp³-hybridized carbons (Fsp3) is 0.471. The molecule has 0 heterocycles. The summed E-state index contributed by atoms with van der Waals surface area (Å²) in [5, 5.41) is 6.21. The van der Waals surface area contributed by atoms with Crippen LogP contribution >= 0.6 is 0 Å². The first kappa shape index (κ1) is 13.2. The number of hydrogen-bond donors (Lipinski definition) is 2. The average Bonchev–Trinajstić information content (AvgIpc) is 3.07. The number of hydrogen-bond acceptors (Lipinski definition) is 2. The molecule has 2 aliphatic rings. The van der Waals surface area contributed by atoms with E-state index in [1.165, 1.54) is 12.8 Å². The van der Waals surface area contributed by atoms with Crippen LogP contribution in [0.15, 0.2) is 30.4 Å². The van der Waals surface area contributed by atoms with Crippen molar-refractivity contribution in [2.45, 2.75) is 19.8 Å². The highest BCUT2D eigenvalue weighted by Crippen LogP contribution is 2.43. The molecule has 1 fully saturated rings. The molecule has 0 radical (unpaired) electrons. The summed E-state index contributed by atoms with van der Waals surface area (Å²) in [6, 6.07) is 5.85. The van der Waals surface area contributed by atoms with Gasteiger partial charge in [0.1, 0.15) is 0 Å². The molecule has 2 N–H and O–H groups in total. The van der Waals surface area contributed by atoms with Crippen LogP contribution in [-0.2, 0) is 0 Å². The molecule has 2 bridgehead atoms. The Labute approximate surface area is 120 Å². The van der Waals surface area contributed by atoms with E-state index in [2.05, 4.69) is 29.7 Å². The van der Waals surface area contributed by atoms with Crippen LogP contribution in [0.3, 0.4) is 0 Å². The summed E-state index contributed by atoms with van der Waals surface area (Å²) in [4.78, 5) is 11.6. The molecule has 0 aliphatic heterocycles. The lowest BCUT2D eigenvalue weighted by atomic mass is 9.93. The Morgan fingerprint density at radius 2 is 2.15 bits per heavy atom. The van der Waals surface area contributed by atoms with Crippen molar-refractivity contribution < 1.29 is 4.79 Å². The van der Waals surface area contributed by atoms with Crippen LogP contribution in [-0.4, -0.2) is 19.5 Å².